The molecule has 7 nitrogen and oxygen atoms in total. The lowest BCUT2D eigenvalue weighted by Gasteiger charge is -2.14. The van der Waals surface area contributed by atoms with Crippen molar-refractivity contribution in [1.82, 2.24) is 24.3 Å². The second-order valence-electron chi connectivity index (χ2n) is 7.14. The molecule has 4 heterocycles. The van der Waals surface area contributed by atoms with E-state index in [0.717, 1.165) is 47.4 Å². The summed E-state index contributed by atoms with van der Waals surface area (Å²) >= 11 is 3.27. The molecule has 30 heavy (non-hydrogen) atoms. The molecule has 1 aromatic carbocycles. The van der Waals surface area contributed by atoms with Gasteiger partial charge in [-0.15, -0.1) is 21.5 Å². The first-order chi connectivity index (χ1) is 14.8. The number of ether oxygens (including phenoxy) is 1. The van der Waals surface area contributed by atoms with E-state index >= 15 is 0 Å². The Morgan fingerprint density at radius 1 is 1.20 bits per heavy atom. The number of thioether (sulfide) groups is 1. The van der Waals surface area contributed by atoms with Gasteiger partial charge in [-0.1, -0.05) is 30.0 Å². The van der Waals surface area contributed by atoms with Crippen LogP contribution in [0, 0.1) is 0 Å². The average molecular weight is 440 g/mol. The summed E-state index contributed by atoms with van der Waals surface area (Å²) in [4.78, 5) is 18.2. The van der Waals surface area contributed by atoms with E-state index in [0.29, 0.717) is 17.7 Å². The minimum absolute atomic E-state index is 0.0127. The van der Waals surface area contributed by atoms with E-state index in [1.807, 2.05) is 35.7 Å². The lowest BCUT2D eigenvalue weighted by Crippen LogP contribution is -2.21. The second-order valence-corrected chi connectivity index (χ2v) is 9.15. The van der Waals surface area contributed by atoms with Gasteiger partial charge in [0.1, 0.15) is 0 Å². The van der Waals surface area contributed by atoms with Crippen LogP contribution >= 0.6 is 23.1 Å². The molecule has 0 spiro atoms. The molecule has 0 aliphatic carbocycles. The van der Waals surface area contributed by atoms with Gasteiger partial charge >= 0.3 is 0 Å². The third kappa shape index (κ3) is 3.92. The molecule has 0 unspecified atom stereocenters. The number of nitrogens with zero attached hydrogens (tertiary/aromatic N) is 5. The van der Waals surface area contributed by atoms with Crippen molar-refractivity contribution >= 4 is 34.0 Å². The fourth-order valence-corrected chi connectivity index (χ4v) is 5.24. The highest BCUT2D eigenvalue weighted by Gasteiger charge is 2.22. The number of benzene rings is 1. The highest BCUT2D eigenvalue weighted by Crippen LogP contribution is 2.29. The van der Waals surface area contributed by atoms with Crippen LogP contribution in [0.15, 0.2) is 58.1 Å². The molecule has 0 saturated carbocycles. The van der Waals surface area contributed by atoms with Gasteiger partial charge in [-0.05, 0) is 36.4 Å². The Morgan fingerprint density at radius 3 is 2.97 bits per heavy atom. The van der Waals surface area contributed by atoms with Crippen LogP contribution in [-0.4, -0.2) is 42.8 Å². The Kier molecular flexibility index (Phi) is 5.65. The minimum atomic E-state index is -0.0127. The highest BCUT2D eigenvalue weighted by molar-refractivity contribution is 7.99. The predicted molar refractivity (Wildman–Crippen MR) is 119 cm³/mol. The van der Waals surface area contributed by atoms with Crippen LogP contribution in [0.5, 0.6) is 0 Å². The first-order valence-corrected chi connectivity index (χ1v) is 11.8. The zero-order chi connectivity index (χ0) is 20.3. The molecule has 4 aromatic rings. The molecule has 1 aliphatic rings. The van der Waals surface area contributed by atoms with Crippen molar-refractivity contribution in [2.45, 2.75) is 37.2 Å². The van der Waals surface area contributed by atoms with Crippen molar-refractivity contribution in [2.75, 3.05) is 12.4 Å². The molecule has 1 aliphatic heterocycles. The Morgan fingerprint density at radius 2 is 2.13 bits per heavy atom. The van der Waals surface area contributed by atoms with Crippen molar-refractivity contribution in [3.63, 3.8) is 0 Å². The largest absolute Gasteiger partial charge is 0.376 e. The monoisotopic (exact) mass is 439 g/mol. The van der Waals surface area contributed by atoms with E-state index in [2.05, 4.69) is 25.8 Å². The molecule has 1 saturated heterocycles. The number of rotatable bonds is 7. The van der Waals surface area contributed by atoms with Crippen LogP contribution in [-0.2, 0) is 17.8 Å². The van der Waals surface area contributed by atoms with E-state index in [1.54, 1.807) is 34.0 Å². The Labute approximate surface area is 181 Å². The third-order valence-electron chi connectivity index (χ3n) is 5.16. The predicted octanol–water partition coefficient (Wildman–Crippen LogP) is 3.69. The molecule has 5 rings (SSSR count). The van der Waals surface area contributed by atoms with Crippen molar-refractivity contribution < 1.29 is 4.74 Å². The first-order valence-electron chi connectivity index (χ1n) is 9.95. The van der Waals surface area contributed by atoms with Crippen LogP contribution in [0.25, 0.3) is 21.6 Å². The van der Waals surface area contributed by atoms with Crippen molar-refractivity contribution in [1.29, 1.82) is 0 Å². The van der Waals surface area contributed by atoms with Crippen LogP contribution in [0.3, 0.4) is 0 Å². The molecule has 3 aromatic heterocycles. The molecule has 0 amide bonds. The van der Waals surface area contributed by atoms with Crippen LogP contribution < -0.4 is 5.56 Å². The van der Waals surface area contributed by atoms with E-state index in [4.69, 9.17) is 4.74 Å². The summed E-state index contributed by atoms with van der Waals surface area (Å²) in [6, 6.07) is 11.5. The van der Waals surface area contributed by atoms with E-state index < -0.39 is 0 Å². The molecule has 0 bridgehead atoms. The summed E-state index contributed by atoms with van der Waals surface area (Å²) in [6.45, 7) is 2.13. The summed E-state index contributed by atoms with van der Waals surface area (Å²) < 4.78 is 9.67. The summed E-state index contributed by atoms with van der Waals surface area (Å²) in [5.74, 6) is 1.58. The van der Waals surface area contributed by atoms with Gasteiger partial charge in [0.05, 0.1) is 34.8 Å². The van der Waals surface area contributed by atoms with E-state index in [1.165, 1.54) is 0 Å². The summed E-state index contributed by atoms with van der Waals surface area (Å²) in [6.07, 6.45) is 3.98. The molecule has 154 valence electrons. The average Bonchev–Trinajstić information content (AvgIpc) is 3.53. The third-order valence-corrected chi connectivity index (χ3v) is 6.98. The fourth-order valence-electron chi connectivity index (χ4n) is 3.64. The van der Waals surface area contributed by atoms with Crippen LogP contribution in [0.2, 0.25) is 0 Å². The lowest BCUT2D eigenvalue weighted by atomic mass is 10.2. The molecule has 0 radical (unpaired) electrons. The van der Waals surface area contributed by atoms with Gasteiger partial charge in [0.15, 0.2) is 11.0 Å². The topological polar surface area (TPSA) is 74.8 Å². The molecular formula is C21H21N5O2S2. The number of hydrogen-bond acceptors (Lipinski definition) is 7. The van der Waals surface area contributed by atoms with Crippen LogP contribution in [0.4, 0.5) is 0 Å². The van der Waals surface area contributed by atoms with Crippen LogP contribution in [0.1, 0.15) is 12.8 Å². The lowest BCUT2D eigenvalue weighted by molar-refractivity contribution is 0.0953. The molecule has 9 heteroatoms. The maximum absolute atomic E-state index is 12.7. The molecule has 0 N–H and O–H groups in total. The number of hydrogen-bond donors (Lipinski definition) is 0. The number of aryl methyl sites for hydroxylation is 1. The number of thiophene rings is 1. The van der Waals surface area contributed by atoms with Crippen molar-refractivity contribution in [3.05, 3.63) is 58.5 Å². The van der Waals surface area contributed by atoms with Gasteiger partial charge < -0.3 is 4.74 Å². The quantitative estimate of drug-likeness (QED) is 0.409. The fraction of sp³-hybridized carbons (Fsp3) is 0.333. The SMILES string of the molecule is O=c1c2ccccc2ncn1CCSc1nnc(-c2cccs2)n1C[C@H]1CCCO1. The zero-order valence-corrected chi connectivity index (χ0v) is 17.9. The second kappa shape index (κ2) is 8.71. The standard InChI is InChI=1S/C21H21N5O2S2/c27-20-16-6-1-2-7-17(16)22-14-25(20)9-12-30-21-24-23-19(18-8-4-11-29-18)26(21)13-15-5-3-10-28-15/h1-2,4,6-8,11,14-15H,3,5,9-10,12-13H2/t15-/m1/s1. The molecule has 1 atom stereocenters. The first kappa shape index (κ1) is 19.5. The van der Waals surface area contributed by atoms with E-state index in [-0.39, 0.29) is 11.7 Å². The maximum Gasteiger partial charge on any atom is 0.261 e. The molecule has 1 fully saturated rings. The van der Waals surface area contributed by atoms with Gasteiger partial charge in [-0.25, -0.2) is 4.98 Å². The van der Waals surface area contributed by atoms with Crippen molar-refractivity contribution in [2.24, 2.45) is 0 Å². The number of fused-ring (bicyclic) bond motifs is 1. The molecular weight excluding hydrogens is 418 g/mol. The van der Waals surface area contributed by atoms with Gasteiger partial charge in [-0.3, -0.25) is 13.9 Å². The number of aromatic nitrogens is 5. The van der Waals surface area contributed by atoms with E-state index in [9.17, 15) is 4.79 Å². The van der Waals surface area contributed by atoms with Gasteiger partial charge in [0.25, 0.3) is 5.56 Å². The maximum atomic E-state index is 12.7. The van der Waals surface area contributed by atoms with Gasteiger partial charge in [0.2, 0.25) is 0 Å². The van der Waals surface area contributed by atoms with Gasteiger partial charge in [0, 0.05) is 18.9 Å². The summed E-state index contributed by atoms with van der Waals surface area (Å²) in [5.41, 5.74) is 0.713. The minimum Gasteiger partial charge on any atom is -0.376 e. The van der Waals surface area contributed by atoms with Gasteiger partial charge in [-0.2, -0.15) is 0 Å². The zero-order valence-electron chi connectivity index (χ0n) is 16.3. The van der Waals surface area contributed by atoms with Crippen molar-refractivity contribution in [3.8, 4) is 10.7 Å². The Hall–Kier alpha value is -2.49. The highest BCUT2D eigenvalue weighted by atomic mass is 32.2. The number of para-hydroxylation sites is 1. The smallest absolute Gasteiger partial charge is 0.261 e. The Balaban J connectivity index is 1.34. The normalized spacial score (nSPS) is 16.5. The summed E-state index contributed by atoms with van der Waals surface area (Å²) in [5, 5.41) is 12.4. The Bertz CT molecular complexity index is 1200. The summed E-state index contributed by atoms with van der Waals surface area (Å²) in [7, 11) is 0.